The number of hydrogen-bond acceptors (Lipinski definition) is 5. The van der Waals surface area contributed by atoms with Gasteiger partial charge in [0.05, 0.1) is 5.75 Å². The summed E-state index contributed by atoms with van der Waals surface area (Å²) in [5.74, 6) is 1.03. The zero-order chi connectivity index (χ0) is 22.2. The number of sulfonamides is 1. The van der Waals surface area contributed by atoms with Crippen molar-refractivity contribution in [3.05, 3.63) is 0 Å². The first-order valence-corrected chi connectivity index (χ1v) is 11.9. The van der Waals surface area contributed by atoms with Crippen LogP contribution in [0.2, 0.25) is 0 Å². The van der Waals surface area contributed by atoms with Gasteiger partial charge in [-0.05, 0) is 46.5 Å². The third-order valence-corrected chi connectivity index (χ3v) is 6.57. The van der Waals surface area contributed by atoms with Gasteiger partial charge in [0.1, 0.15) is 5.60 Å². The number of aliphatic imine (C=N–C) groups is 1. The fourth-order valence-electron chi connectivity index (χ4n) is 3.07. The summed E-state index contributed by atoms with van der Waals surface area (Å²) >= 11 is 0. The number of hydrogen-bond donors (Lipinski definition) is 2. The van der Waals surface area contributed by atoms with Crippen molar-refractivity contribution in [2.75, 3.05) is 46.0 Å². The molecule has 1 atom stereocenters. The maximum atomic E-state index is 12.1. The summed E-state index contributed by atoms with van der Waals surface area (Å²) in [5.41, 5.74) is -0.509. The Bertz CT molecular complexity index is 652. The van der Waals surface area contributed by atoms with Crippen LogP contribution >= 0.6 is 0 Å². The number of nitrogens with zero attached hydrogens (tertiary/aromatic N) is 3. The van der Waals surface area contributed by atoms with E-state index in [0.29, 0.717) is 32.1 Å². The number of amides is 1. The van der Waals surface area contributed by atoms with Crippen LogP contribution < -0.4 is 10.6 Å². The van der Waals surface area contributed by atoms with E-state index in [1.165, 1.54) is 0 Å². The minimum absolute atomic E-state index is 0.143. The van der Waals surface area contributed by atoms with Crippen LogP contribution in [0.5, 0.6) is 0 Å². The monoisotopic (exact) mass is 433 g/mol. The van der Waals surface area contributed by atoms with Crippen LogP contribution in [0.3, 0.4) is 0 Å². The van der Waals surface area contributed by atoms with Crippen molar-refractivity contribution in [3.63, 3.8) is 0 Å². The number of ether oxygens (including phenoxy) is 1. The summed E-state index contributed by atoms with van der Waals surface area (Å²) in [4.78, 5) is 17.9. The van der Waals surface area contributed by atoms with E-state index in [1.54, 1.807) is 30.2 Å². The Kier molecular flexibility index (Phi) is 9.67. The smallest absolute Gasteiger partial charge is 0.410 e. The van der Waals surface area contributed by atoms with E-state index >= 15 is 0 Å². The van der Waals surface area contributed by atoms with Gasteiger partial charge in [-0.3, -0.25) is 4.99 Å². The number of carbonyl (C=O) groups is 1. The Morgan fingerprint density at radius 1 is 1.31 bits per heavy atom. The molecule has 1 heterocycles. The van der Waals surface area contributed by atoms with Crippen LogP contribution in [0, 0.1) is 5.92 Å². The van der Waals surface area contributed by atoms with E-state index in [1.807, 2.05) is 20.8 Å². The summed E-state index contributed by atoms with van der Waals surface area (Å²) in [7, 11) is 0.331. The lowest BCUT2D eigenvalue weighted by molar-refractivity contribution is 0.0278. The lowest BCUT2D eigenvalue weighted by Crippen LogP contribution is -2.50. The van der Waals surface area contributed by atoms with Gasteiger partial charge in [-0.15, -0.1) is 0 Å². The molecule has 1 aliphatic rings. The zero-order valence-electron chi connectivity index (χ0n) is 19.0. The summed E-state index contributed by atoms with van der Waals surface area (Å²) in [6.45, 7) is 11.5. The molecule has 1 saturated heterocycles. The lowest BCUT2D eigenvalue weighted by atomic mass is 10.1. The molecule has 0 bridgehead atoms. The molecule has 10 heteroatoms. The van der Waals surface area contributed by atoms with Crippen molar-refractivity contribution in [3.8, 4) is 0 Å². The van der Waals surface area contributed by atoms with E-state index in [9.17, 15) is 13.2 Å². The highest BCUT2D eigenvalue weighted by Crippen LogP contribution is 2.14. The van der Waals surface area contributed by atoms with Crippen molar-refractivity contribution in [1.82, 2.24) is 19.8 Å². The summed E-state index contributed by atoms with van der Waals surface area (Å²) in [6.07, 6.45) is 1.16. The van der Waals surface area contributed by atoms with Gasteiger partial charge in [-0.1, -0.05) is 6.92 Å². The fourth-order valence-corrected chi connectivity index (χ4v) is 4.20. The maximum absolute atomic E-state index is 12.1. The van der Waals surface area contributed by atoms with Crippen molar-refractivity contribution >= 4 is 22.1 Å². The van der Waals surface area contributed by atoms with Crippen molar-refractivity contribution in [1.29, 1.82) is 0 Å². The van der Waals surface area contributed by atoms with Gasteiger partial charge in [0, 0.05) is 46.3 Å². The van der Waals surface area contributed by atoms with Gasteiger partial charge in [0.2, 0.25) is 10.0 Å². The predicted octanol–water partition coefficient (Wildman–Crippen LogP) is 1.47. The van der Waals surface area contributed by atoms with E-state index in [2.05, 4.69) is 22.5 Å². The molecule has 170 valence electrons. The second kappa shape index (κ2) is 11.0. The molecule has 1 amide bonds. The Balaban J connectivity index is 2.40. The Hall–Kier alpha value is -1.55. The first-order valence-electron chi connectivity index (χ1n) is 10.3. The molecule has 0 aromatic rings. The number of nitrogens with one attached hydrogen (secondary N) is 2. The molecule has 0 spiro atoms. The molecular formula is C19H39N5O4S. The van der Waals surface area contributed by atoms with Gasteiger partial charge in [0.25, 0.3) is 0 Å². The first kappa shape index (κ1) is 25.5. The molecule has 1 aliphatic heterocycles. The number of guanidine groups is 1. The molecule has 0 saturated carbocycles. The average molecular weight is 434 g/mol. The SMILES string of the molecule is CCS(=O)(=O)N1CCC(NC(=NC)NCC(C)CN(C)C(=O)OC(C)(C)C)CC1. The third kappa shape index (κ3) is 9.20. The molecule has 1 rings (SSSR count). The van der Waals surface area contributed by atoms with E-state index in [-0.39, 0.29) is 23.8 Å². The quantitative estimate of drug-likeness (QED) is 0.465. The largest absolute Gasteiger partial charge is 0.444 e. The minimum Gasteiger partial charge on any atom is -0.444 e. The minimum atomic E-state index is -3.11. The van der Waals surface area contributed by atoms with Crippen LogP contribution in [0.25, 0.3) is 0 Å². The van der Waals surface area contributed by atoms with Gasteiger partial charge in [0.15, 0.2) is 5.96 Å². The van der Waals surface area contributed by atoms with Gasteiger partial charge in [-0.2, -0.15) is 0 Å². The highest BCUT2D eigenvalue weighted by molar-refractivity contribution is 7.89. The van der Waals surface area contributed by atoms with Crippen LogP contribution in [-0.2, 0) is 14.8 Å². The van der Waals surface area contributed by atoms with Crippen LogP contribution in [0.15, 0.2) is 4.99 Å². The zero-order valence-corrected chi connectivity index (χ0v) is 19.8. The average Bonchev–Trinajstić information content (AvgIpc) is 2.64. The molecule has 0 aromatic carbocycles. The summed E-state index contributed by atoms with van der Waals surface area (Å²) in [5, 5.41) is 6.66. The van der Waals surface area contributed by atoms with Crippen molar-refractivity contribution in [2.24, 2.45) is 10.9 Å². The van der Waals surface area contributed by atoms with Crippen LogP contribution in [0.1, 0.15) is 47.5 Å². The van der Waals surface area contributed by atoms with Gasteiger partial charge >= 0.3 is 6.09 Å². The predicted molar refractivity (Wildman–Crippen MR) is 117 cm³/mol. The molecule has 0 aromatic heterocycles. The Morgan fingerprint density at radius 3 is 2.38 bits per heavy atom. The summed E-state index contributed by atoms with van der Waals surface area (Å²) < 4.78 is 30.9. The van der Waals surface area contributed by atoms with Gasteiger partial charge < -0.3 is 20.3 Å². The summed E-state index contributed by atoms with van der Waals surface area (Å²) in [6, 6.07) is 0.184. The molecule has 1 fully saturated rings. The van der Waals surface area contributed by atoms with Crippen molar-refractivity contribution in [2.45, 2.75) is 59.1 Å². The second-order valence-electron chi connectivity index (χ2n) is 8.64. The second-order valence-corrected chi connectivity index (χ2v) is 10.9. The standard InChI is InChI=1S/C19H39N5O4S/c1-8-29(26,27)24-11-9-16(10-12-24)22-17(20-6)21-13-15(2)14-23(7)18(25)28-19(3,4)5/h15-16H,8-14H2,1-7H3,(H2,20,21,22). The van der Waals surface area contributed by atoms with E-state index < -0.39 is 15.6 Å². The number of rotatable bonds is 7. The molecule has 29 heavy (non-hydrogen) atoms. The molecule has 0 aliphatic carbocycles. The number of carbonyl (C=O) groups excluding carboxylic acids is 1. The van der Waals surface area contributed by atoms with Crippen LogP contribution in [-0.4, -0.2) is 87.3 Å². The maximum Gasteiger partial charge on any atom is 0.410 e. The first-order chi connectivity index (χ1) is 13.4. The highest BCUT2D eigenvalue weighted by atomic mass is 32.2. The number of piperidine rings is 1. The van der Waals surface area contributed by atoms with E-state index in [4.69, 9.17) is 4.74 Å². The lowest BCUT2D eigenvalue weighted by Gasteiger charge is -2.32. The third-order valence-electron chi connectivity index (χ3n) is 4.69. The molecule has 1 unspecified atom stereocenters. The van der Waals surface area contributed by atoms with Crippen molar-refractivity contribution < 1.29 is 17.9 Å². The molecule has 0 radical (unpaired) electrons. The molecule has 2 N–H and O–H groups in total. The molecular weight excluding hydrogens is 394 g/mol. The van der Waals surface area contributed by atoms with Crippen LogP contribution in [0.4, 0.5) is 4.79 Å². The van der Waals surface area contributed by atoms with Gasteiger partial charge in [-0.25, -0.2) is 17.5 Å². The fraction of sp³-hybridized carbons (Fsp3) is 0.895. The normalized spacial score (nSPS) is 18.2. The Labute approximate surface area is 176 Å². The Morgan fingerprint density at radius 2 is 1.90 bits per heavy atom. The topological polar surface area (TPSA) is 103 Å². The van der Waals surface area contributed by atoms with E-state index in [0.717, 1.165) is 12.8 Å². The highest BCUT2D eigenvalue weighted by Gasteiger charge is 2.27. The molecule has 9 nitrogen and oxygen atoms in total.